The highest BCUT2D eigenvalue weighted by Gasteiger charge is 2.12. The van der Waals surface area contributed by atoms with E-state index in [4.69, 9.17) is 15.1 Å². The van der Waals surface area contributed by atoms with E-state index in [1.165, 1.54) is 6.07 Å². The molecule has 0 saturated carbocycles. The summed E-state index contributed by atoms with van der Waals surface area (Å²) >= 11 is 6.70. The number of nitriles is 1. The Labute approximate surface area is 173 Å². The predicted octanol–water partition coefficient (Wildman–Crippen LogP) is 3.66. The number of carbonyl (C=O) groups is 1. The number of nitrogens with one attached hydrogen (secondary N) is 1. The Hall–Kier alpha value is -2.09. The number of hydrogen-bond acceptors (Lipinski definition) is 5. The normalized spacial score (nSPS) is 10.9. The van der Waals surface area contributed by atoms with Gasteiger partial charge < -0.3 is 9.84 Å². The molecule has 0 aliphatic carbocycles. The summed E-state index contributed by atoms with van der Waals surface area (Å²) in [6.45, 7) is 0.0729. The van der Waals surface area contributed by atoms with E-state index >= 15 is 0 Å². The Morgan fingerprint density at radius 2 is 1.81 bits per heavy atom. The fraction of sp³-hybridized carbons (Fsp3) is 0.176. The zero-order chi connectivity index (χ0) is 20.2. The highest BCUT2D eigenvalue weighted by atomic mass is 79.9. The largest absolute Gasteiger partial charge is 0.487 e. The number of halogens is 2. The van der Waals surface area contributed by atoms with E-state index in [1.54, 1.807) is 24.3 Å². The standard InChI is InChI=1S/C17H14Br2N2O5S/c1-27(24,25)21-13-3-11(8-20)2-12(4-13)9-26-17-14(18)5-10(6-15(17)19)7-16(22)23/h2-6,21H,7,9H2,1H3,(H,22,23). The molecule has 7 nitrogen and oxygen atoms in total. The topological polar surface area (TPSA) is 116 Å². The van der Waals surface area contributed by atoms with Crippen molar-refractivity contribution in [1.82, 2.24) is 0 Å². The highest BCUT2D eigenvalue weighted by molar-refractivity contribution is 9.11. The average molecular weight is 518 g/mol. The van der Waals surface area contributed by atoms with Gasteiger partial charge in [-0.2, -0.15) is 5.26 Å². The van der Waals surface area contributed by atoms with Crippen LogP contribution >= 0.6 is 31.9 Å². The van der Waals surface area contributed by atoms with Gasteiger partial charge in [-0.3, -0.25) is 9.52 Å². The first-order chi connectivity index (χ1) is 12.6. The van der Waals surface area contributed by atoms with Crippen LogP contribution in [0.4, 0.5) is 5.69 Å². The Morgan fingerprint density at radius 3 is 2.33 bits per heavy atom. The zero-order valence-corrected chi connectivity index (χ0v) is 18.0. The fourth-order valence-electron chi connectivity index (χ4n) is 2.30. The van der Waals surface area contributed by atoms with Gasteiger partial charge in [0.25, 0.3) is 0 Å². The summed E-state index contributed by atoms with van der Waals surface area (Å²) in [4.78, 5) is 10.8. The molecule has 0 bridgehead atoms. The minimum Gasteiger partial charge on any atom is -0.487 e. The summed E-state index contributed by atoms with van der Waals surface area (Å²) in [6.07, 6.45) is 0.900. The molecule has 0 aliphatic rings. The molecule has 10 heteroatoms. The lowest BCUT2D eigenvalue weighted by Gasteiger charge is -2.13. The third-order valence-corrected chi connectivity index (χ3v) is 5.01. The number of carboxylic acids is 1. The smallest absolute Gasteiger partial charge is 0.307 e. The van der Waals surface area contributed by atoms with Crippen LogP contribution in [0, 0.1) is 11.3 Å². The second kappa shape index (κ2) is 8.73. The maximum absolute atomic E-state index is 11.4. The van der Waals surface area contributed by atoms with Crippen LogP contribution in [0.3, 0.4) is 0 Å². The molecule has 2 aromatic rings. The molecule has 2 rings (SSSR count). The molecule has 0 spiro atoms. The monoisotopic (exact) mass is 516 g/mol. The molecule has 0 unspecified atom stereocenters. The van der Waals surface area contributed by atoms with Crippen molar-refractivity contribution in [1.29, 1.82) is 5.26 Å². The van der Waals surface area contributed by atoms with E-state index in [0.29, 0.717) is 25.8 Å². The molecular weight excluding hydrogens is 504 g/mol. The number of benzene rings is 2. The molecule has 0 aliphatic heterocycles. The molecule has 0 amide bonds. The second-order valence-corrected chi connectivity index (χ2v) is 9.11. The highest BCUT2D eigenvalue weighted by Crippen LogP contribution is 2.35. The maximum atomic E-state index is 11.4. The van der Waals surface area contributed by atoms with Crippen molar-refractivity contribution in [3.8, 4) is 11.8 Å². The number of rotatable bonds is 7. The first kappa shape index (κ1) is 21.2. The van der Waals surface area contributed by atoms with E-state index in [9.17, 15) is 13.2 Å². The summed E-state index contributed by atoms with van der Waals surface area (Å²) in [6, 6.07) is 9.87. The molecule has 2 aromatic carbocycles. The van der Waals surface area contributed by atoms with E-state index in [2.05, 4.69) is 36.6 Å². The van der Waals surface area contributed by atoms with Gasteiger partial charge in [0.05, 0.1) is 38.9 Å². The lowest BCUT2D eigenvalue weighted by molar-refractivity contribution is -0.136. The van der Waals surface area contributed by atoms with Crippen molar-refractivity contribution in [2.75, 3.05) is 11.0 Å². The lowest BCUT2D eigenvalue weighted by Crippen LogP contribution is -2.10. The van der Waals surface area contributed by atoms with Crippen LogP contribution in [-0.4, -0.2) is 25.7 Å². The number of ether oxygens (including phenoxy) is 1. The van der Waals surface area contributed by atoms with Gasteiger partial charge in [-0.1, -0.05) is 0 Å². The molecule has 2 N–H and O–H groups in total. The minimum absolute atomic E-state index is 0.0729. The molecule has 142 valence electrons. The van der Waals surface area contributed by atoms with Gasteiger partial charge in [-0.05, 0) is 73.3 Å². The summed E-state index contributed by atoms with van der Waals surface area (Å²) in [7, 11) is -3.48. The molecule has 0 heterocycles. The van der Waals surface area contributed by atoms with Gasteiger partial charge in [0.1, 0.15) is 12.4 Å². The predicted molar refractivity (Wildman–Crippen MR) is 107 cm³/mol. The van der Waals surface area contributed by atoms with Gasteiger partial charge in [0, 0.05) is 0 Å². The lowest BCUT2D eigenvalue weighted by atomic mass is 10.1. The number of carboxylic acid groups (broad SMARTS) is 1. The third-order valence-electron chi connectivity index (χ3n) is 3.22. The van der Waals surface area contributed by atoms with Crippen molar-refractivity contribution >= 4 is 53.5 Å². The van der Waals surface area contributed by atoms with Gasteiger partial charge in [0.2, 0.25) is 10.0 Å². The Balaban J connectivity index is 2.25. The first-order valence-electron chi connectivity index (χ1n) is 7.42. The molecule has 0 atom stereocenters. The second-order valence-electron chi connectivity index (χ2n) is 5.65. The molecule has 0 saturated heterocycles. The molecule has 0 fully saturated rings. The van der Waals surface area contributed by atoms with E-state index in [0.717, 1.165) is 6.26 Å². The average Bonchev–Trinajstić information content (AvgIpc) is 2.51. The quantitative estimate of drug-likeness (QED) is 0.578. The first-order valence-corrected chi connectivity index (χ1v) is 10.9. The van der Waals surface area contributed by atoms with Gasteiger partial charge in [-0.25, -0.2) is 8.42 Å². The van der Waals surface area contributed by atoms with Crippen LogP contribution in [0.5, 0.6) is 5.75 Å². The van der Waals surface area contributed by atoms with Crippen LogP contribution in [0.1, 0.15) is 16.7 Å². The summed E-state index contributed by atoms with van der Waals surface area (Å²) in [5.41, 5.74) is 1.75. The Kier molecular flexibility index (Phi) is 6.86. The van der Waals surface area contributed by atoms with Crippen LogP contribution < -0.4 is 9.46 Å². The van der Waals surface area contributed by atoms with Crippen LogP contribution in [0.15, 0.2) is 39.3 Å². The van der Waals surface area contributed by atoms with Crippen LogP contribution in [0.2, 0.25) is 0 Å². The fourth-order valence-corrected chi connectivity index (χ4v) is 4.35. The Morgan fingerprint density at radius 1 is 1.19 bits per heavy atom. The summed E-state index contributed by atoms with van der Waals surface area (Å²) < 4.78 is 32.1. The van der Waals surface area contributed by atoms with Gasteiger partial charge >= 0.3 is 5.97 Å². The van der Waals surface area contributed by atoms with Crippen molar-refractivity contribution in [3.63, 3.8) is 0 Å². The van der Waals surface area contributed by atoms with Crippen molar-refractivity contribution < 1.29 is 23.1 Å². The number of aliphatic carboxylic acids is 1. The number of sulfonamides is 1. The van der Waals surface area contributed by atoms with Gasteiger partial charge in [-0.15, -0.1) is 0 Å². The number of hydrogen-bond donors (Lipinski definition) is 2. The third kappa shape index (κ3) is 6.53. The minimum atomic E-state index is -3.48. The van der Waals surface area contributed by atoms with Gasteiger partial charge in [0.15, 0.2) is 0 Å². The van der Waals surface area contributed by atoms with Crippen LogP contribution in [-0.2, 0) is 27.8 Å². The SMILES string of the molecule is CS(=O)(=O)Nc1cc(C#N)cc(COc2c(Br)cc(CC(=O)O)cc2Br)c1. The summed E-state index contributed by atoms with van der Waals surface area (Å²) in [5, 5.41) is 18.0. The molecular formula is C17H14Br2N2O5S. The molecule has 27 heavy (non-hydrogen) atoms. The van der Waals surface area contributed by atoms with Crippen LogP contribution in [0.25, 0.3) is 0 Å². The Bertz CT molecular complexity index is 1010. The van der Waals surface area contributed by atoms with E-state index in [-0.39, 0.29) is 24.3 Å². The number of anilines is 1. The number of nitrogens with zero attached hydrogens (tertiary/aromatic N) is 1. The van der Waals surface area contributed by atoms with Crippen molar-refractivity contribution in [3.05, 3.63) is 56.0 Å². The molecule has 0 radical (unpaired) electrons. The van der Waals surface area contributed by atoms with E-state index in [1.807, 2.05) is 6.07 Å². The van der Waals surface area contributed by atoms with E-state index < -0.39 is 16.0 Å². The van der Waals surface area contributed by atoms with Crippen molar-refractivity contribution in [2.24, 2.45) is 0 Å². The molecule has 0 aromatic heterocycles. The zero-order valence-electron chi connectivity index (χ0n) is 14.0. The van der Waals surface area contributed by atoms with Crippen molar-refractivity contribution in [2.45, 2.75) is 13.0 Å². The maximum Gasteiger partial charge on any atom is 0.307 e. The summed E-state index contributed by atoms with van der Waals surface area (Å²) in [5.74, 6) is -0.481.